The summed E-state index contributed by atoms with van der Waals surface area (Å²) in [5, 5.41) is 13.8. The van der Waals surface area contributed by atoms with Crippen molar-refractivity contribution >= 4 is 11.6 Å². The van der Waals surface area contributed by atoms with E-state index in [-0.39, 0.29) is 12.4 Å². The molecule has 0 amide bonds. The maximum atomic E-state index is 13.2. The summed E-state index contributed by atoms with van der Waals surface area (Å²) in [6.07, 6.45) is -0.568. The minimum Gasteiger partial charge on any atom is -0.493 e. The third-order valence-electron chi connectivity index (χ3n) is 4.48. The Morgan fingerprint density at radius 3 is 2.55 bits per heavy atom. The van der Waals surface area contributed by atoms with E-state index in [9.17, 15) is 9.50 Å². The molecule has 0 aliphatic heterocycles. The summed E-state index contributed by atoms with van der Waals surface area (Å²) in [6, 6.07) is 19.4. The number of nitrogens with one attached hydrogen (secondary N) is 1. The van der Waals surface area contributed by atoms with Gasteiger partial charge in [0.1, 0.15) is 12.4 Å². The second-order valence-corrected chi connectivity index (χ2v) is 6.97. The van der Waals surface area contributed by atoms with Gasteiger partial charge in [-0.1, -0.05) is 54.1 Å². The highest BCUT2D eigenvalue weighted by molar-refractivity contribution is 6.31. The zero-order valence-electron chi connectivity index (χ0n) is 16.1. The van der Waals surface area contributed by atoms with E-state index in [0.717, 1.165) is 11.1 Å². The summed E-state index contributed by atoms with van der Waals surface area (Å²) in [6.45, 7) is 1.22. The van der Waals surface area contributed by atoms with Crippen molar-refractivity contribution in [2.45, 2.75) is 19.3 Å². The molecule has 1 atom stereocenters. The lowest BCUT2D eigenvalue weighted by Crippen LogP contribution is -2.21. The number of hydrogen-bond donors (Lipinski definition) is 2. The van der Waals surface area contributed by atoms with Crippen molar-refractivity contribution in [1.82, 2.24) is 5.32 Å². The number of methoxy groups -OCH3 is 1. The van der Waals surface area contributed by atoms with Gasteiger partial charge in [0.05, 0.1) is 18.2 Å². The number of hydrogen-bond acceptors (Lipinski definition) is 4. The first-order chi connectivity index (χ1) is 14.1. The Labute approximate surface area is 174 Å². The van der Waals surface area contributed by atoms with Crippen molar-refractivity contribution in [3.8, 4) is 11.5 Å². The van der Waals surface area contributed by atoms with Crippen LogP contribution in [0.15, 0.2) is 66.7 Å². The summed E-state index contributed by atoms with van der Waals surface area (Å²) < 4.78 is 24.4. The molecular weight excluding hydrogens is 393 g/mol. The van der Waals surface area contributed by atoms with Gasteiger partial charge in [-0.05, 0) is 35.4 Å². The molecule has 3 aromatic rings. The van der Waals surface area contributed by atoms with Crippen LogP contribution in [0.4, 0.5) is 4.39 Å². The number of halogens is 2. The van der Waals surface area contributed by atoms with E-state index in [2.05, 4.69) is 5.32 Å². The van der Waals surface area contributed by atoms with Crippen LogP contribution in [0.5, 0.6) is 11.5 Å². The molecule has 3 aromatic carbocycles. The maximum absolute atomic E-state index is 13.2. The van der Waals surface area contributed by atoms with Gasteiger partial charge >= 0.3 is 0 Å². The second kappa shape index (κ2) is 10.3. The third kappa shape index (κ3) is 5.94. The van der Waals surface area contributed by atoms with Gasteiger partial charge in [0, 0.05) is 18.7 Å². The number of aliphatic hydroxyl groups is 1. The molecule has 29 heavy (non-hydrogen) atoms. The van der Waals surface area contributed by atoms with Crippen LogP contribution in [0, 0.1) is 5.82 Å². The van der Waals surface area contributed by atoms with E-state index in [1.807, 2.05) is 48.5 Å². The summed E-state index contributed by atoms with van der Waals surface area (Å²) in [5.74, 6) is 0.776. The van der Waals surface area contributed by atoms with E-state index in [4.69, 9.17) is 21.1 Å². The molecule has 6 heteroatoms. The highest BCUT2D eigenvalue weighted by atomic mass is 35.5. The van der Waals surface area contributed by atoms with Crippen molar-refractivity contribution < 1.29 is 19.0 Å². The summed E-state index contributed by atoms with van der Waals surface area (Å²) in [4.78, 5) is 0. The van der Waals surface area contributed by atoms with Crippen LogP contribution in [0.3, 0.4) is 0 Å². The quantitative estimate of drug-likeness (QED) is 0.522. The van der Waals surface area contributed by atoms with Crippen LogP contribution in [-0.2, 0) is 13.2 Å². The average Bonchev–Trinajstić information content (AvgIpc) is 2.74. The first kappa shape index (κ1) is 21.1. The molecule has 0 saturated heterocycles. The third-order valence-corrected chi connectivity index (χ3v) is 4.83. The van der Waals surface area contributed by atoms with Crippen LogP contribution in [0.1, 0.15) is 22.8 Å². The van der Waals surface area contributed by atoms with E-state index < -0.39 is 6.10 Å². The Bertz CT molecular complexity index is 937. The Morgan fingerprint density at radius 1 is 1.03 bits per heavy atom. The first-order valence-corrected chi connectivity index (χ1v) is 9.62. The lowest BCUT2D eigenvalue weighted by Gasteiger charge is -2.15. The maximum Gasteiger partial charge on any atom is 0.161 e. The Kier molecular flexibility index (Phi) is 7.47. The zero-order valence-corrected chi connectivity index (χ0v) is 16.8. The van der Waals surface area contributed by atoms with E-state index in [1.54, 1.807) is 13.2 Å². The highest BCUT2D eigenvalue weighted by Gasteiger charge is 2.10. The van der Waals surface area contributed by atoms with Crippen molar-refractivity contribution in [3.05, 3.63) is 94.3 Å². The van der Waals surface area contributed by atoms with E-state index >= 15 is 0 Å². The van der Waals surface area contributed by atoms with Gasteiger partial charge in [-0.2, -0.15) is 0 Å². The Hall–Kier alpha value is -2.60. The Balaban J connectivity index is 1.56. The predicted octanol–water partition coefficient (Wildman–Crippen LogP) is 4.89. The molecule has 152 valence electrons. The molecule has 4 nitrogen and oxygen atoms in total. The summed E-state index contributed by atoms with van der Waals surface area (Å²) in [5.41, 5.74) is 2.56. The molecule has 3 rings (SSSR count). The molecule has 2 N–H and O–H groups in total. The lowest BCUT2D eigenvalue weighted by molar-refractivity contribution is 0.174. The van der Waals surface area contributed by atoms with Gasteiger partial charge in [-0.25, -0.2) is 4.39 Å². The highest BCUT2D eigenvalue weighted by Crippen LogP contribution is 2.30. The van der Waals surface area contributed by atoms with Crippen molar-refractivity contribution in [1.29, 1.82) is 0 Å². The molecule has 0 aliphatic rings. The van der Waals surface area contributed by atoms with Crippen LogP contribution in [0.2, 0.25) is 5.02 Å². The van der Waals surface area contributed by atoms with Gasteiger partial charge in [-0.3, -0.25) is 0 Å². The van der Waals surface area contributed by atoms with Gasteiger partial charge < -0.3 is 19.9 Å². The van der Waals surface area contributed by atoms with Gasteiger partial charge in [0.2, 0.25) is 0 Å². The standard InChI is InChI=1S/C23H23ClFNO3/c1-28-23-11-16(13-26-14-21(27)17-5-3-2-4-6-17)7-10-22(23)29-15-18-8-9-19(25)12-20(18)24/h2-12,21,26-27H,13-15H2,1H3. The molecule has 0 saturated carbocycles. The largest absolute Gasteiger partial charge is 0.493 e. The monoisotopic (exact) mass is 415 g/mol. The molecule has 0 aromatic heterocycles. The minimum atomic E-state index is -0.568. The molecule has 1 unspecified atom stereocenters. The second-order valence-electron chi connectivity index (χ2n) is 6.57. The molecule has 0 radical (unpaired) electrons. The predicted molar refractivity (Wildman–Crippen MR) is 112 cm³/mol. The van der Waals surface area contributed by atoms with E-state index in [1.165, 1.54) is 12.1 Å². The van der Waals surface area contributed by atoms with Crippen molar-refractivity contribution in [2.75, 3.05) is 13.7 Å². The molecular formula is C23H23ClFNO3. The number of ether oxygens (including phenoxy) is 2. The SMILES string of the molecule is COc1cc(CNCC(O)c2ccccc2)ccc1OCc1ccc(F)cc1Cl. The number of rotatable bonds is 9. The van der Waals surface area contributed by atoms with Gasteiger partial charge in [0.15, 0.2) is 11.5 Å². The lowest BCUT2D eigenvalue weighted by atomic mass is 10.1. The van der Waals surface area contributed by atoms with Crippen LogP contribution < -0.4 is 14.8 Å². The summed E-state index contributed by atoms with van der Waals surface area (Å²) in [7, 11) is 1.57. The van der Waals surface area contributed by atoms with Gasteiger partial charge in [-0.15, -0.1) is 0 Å². The molecule has 0 bridgehead atoms. The minimum absolute atomic E-state index is 0.205. The fourth-order valence-corrected chi connectivity index (χ4v) is 3.10. The number of aliphatic hydroxyl groups excluding tert-OH is 1. The molecule has 0 aliphatic carbocycles. The fraction of sp³-hybridized carbons (Fsp3) is 0.217. The zero-order chi connectivity index (χ0) is 20.6. The fourth-order valence-electron chi connectivity index (χ4n) is 2.88. The van der Waals surface area contributed by atoms with Crippen LogP contribution in [-0.4, -0.2) is 18.8 Å². The van der Waals surface area contributed by atoms with Crippen molar-refractivity contribution in [3.63, 3.8) is 0 Å². The van der Waals surface area contributed by atoms with Crippen LogP contribution in [0.25, 0.3) is 0 Å². The van der Waals surface area contributed by atoms with Crippen molar-refractivity contribution in [2.24, 2.45) is 0 Å². The van der Waals surface area contributed by atoms with Crippen LogP contribution >= 0.6 is 11.6 Å². The first-order valence-electron chi connectivity index (χ1n) is 9.24. The smallest absolute Gasteiger partial charge is 0.161 e. The Morgan fingerprint density at radius 2 is 1.83 bits per heavy atom. The molecule has 0 fully saturated rings. The topological polar surface area (TPSA) is 50.7 Å². The normalized spacial score (nSPS) is 11.9. The van der Waals surface area contributed by atoms with Gasteiger partial charge in [0.25, 0.3) is 0 Å². The molecule has 0 heterocycles. The van der Waals surface area contributed by atoms with E-state index in [0.29, 0.717) is 35.2 Å². The number of benzene rings is 3. The average molecular weight is 416 g/mol. The summed E-state index contributed by atoms with van der Waals surface area (Å²) >= 11 is 6.04. The molecule has 0 spiro atoms.